The Hall–Kier alpha value is -1.90. The molecule has 0 unspecified atom stereocenters. The molecule has 3 heteroatoms. The van der Waals surface area contributed by atoms with Gasteiger partial charge in [-0.15, -0.1) is 0 Å². The van der Waals surface area contributed by atoms with Crippen molar-refractivity contribution < 1.29 is 0 Å². The maximum Gasteiger partial charge on any atom is 0.130 e. The number of nitrogen functional groups attached to an aromatic ring is 1. The molecule has 0 saturated heterocycles. The van der Waals surface area contributed by atoms with E-state index in [4.69, 9.17) is 5.73 Å². The molecule has 0 aliphatic carbocycles. The van der Waals surface area contributed by atoms with Crippen molar-refractivity contribution in [2.75, 3.05) is 5.73 Å². The van der Waals surface area contributed by atoms with Gasteiger partial charge in [0, 0.05) is 11.1 Å². The number of aromatic nitrogens is 2. The number of nitrogens with two attached hydrogens (primary N) is 1. The molecule has 0 amide bonds. The normalized spacial score (nSPS) is 10.4. The average molecular weight is 213 g/mol. The number of hydrogen-bond acceptors (Lipinski definition) is 3. The van der Waals surface area contributed by atoms with E-state index in [0.717, 1.165) is 23.2 Å². The lowest BCUT2D eigenvalue weighted by molar-refractivity contribution is 1.06. The van der Waals surface area contributed by atoms with Gasteiger partial charge in [-0.05, 0) is 19.4 Å². The van der Waals surface area contributed by atoms with Gasteiger partial charge in [0.1, 0.15) is 12.1 Å². The molecule has 1 heterocycles. The minimum atomic E-state index is 0.578. The number of hydrogen-bond donors (Lipinski definition) is 1. The quantitative estimate of drug-likeness (QED) is 0.834. The minimum Gasteiger partial charge on any atom is -0.383 e. The van der Waals surface area contributed by atoms with Gasteiger partial charge in [0.25, 0.3) is 0 Å². The van der Waals surface area contributed by atoms with E-state index in [1.165, 1.54) is 11.9 Å². The molecular weight excluding hydrogens is 198 g/mol. The van der Waals surface area contributed by atoms with Gasteiger partial charge in [-0.3, -0.25) is 0 Å². The second-order valence-electron chi connectivity index (χ2n) is 3.81. The van der Waals surface area contributed by atoms with Crippen LogP contribution < -0.4 is 5.73 Å². The van der Waals surface area contributed by atoms with E-state index >= 15 is 0 Å². The Balaban J connectivity index is 2.60. The number of aryl methyl sites for hydroxylation is 1. The van der Waals surface area contributed by atoms with Crippen molar-refractivity contribution in [3.05, 3.63) is 41.7 Å². The van der Waals surface area contributed by atoms with Crippen LogP contribution in [0.3, 0.4) is 0 Å². The first-order valence-corrected chi connectivity index (χ1v) is 5.38. The van der Waals surface area contributed by atoms with Crippen LogP contribution in [0.1, 0.15) is 18.1 Å². The maximum atomic E-state index is 5.86. The van der Waals surface area contributed by atoms with Crippen molar-refractivity contribution in [2.24, 2.45) is 0 Å². The Morgan fingerprint density at radius 3 is 2.75 bits per heavy atom. The molecule has 1 aromatic carbocycles. The summed E-state index contributed by atoms with van der Waals surface area (Å²) >= 11 is 0. The Labute approximate surface area is 95.4 Å². The first kappa shape index (κ1) is 10.6. The summed E-state index contributed by atoms with van der Waals surface area (Å²) in [5.74, 6) is 0.578. The zero-order valence-electron chi connectivity index (χ0n) is 9.57. The molecular formula is C13H15N3. The summed E-state index contributed by atoms with van der Waals surface area (Å²) in [6, 6.07) is 8.26. The monoisotopic (exact) mass is 213 g/mol. The van der Waals surface area contributed by atoms with Crippen LogP contribution in [-0.2, 0) is 6.42 Å². The number of rotatable bonds is 2. The van der Waals surface area contributed by atoms with Crippen LogP contribution >= 0.6 is 0 Å². The molecule has 2 rings (SSSR count). The third-order valence-corrected chi connectivity index (χ3v) is 2.62. The van der Waals surface area contributed by atoms with Gasteiger partial charge in [-0.2, -0.15) is 0 Å². The Morgan fingerprint density at radius 1 is 1.25 bits per heavy atom. The SMILES string of the molecule is CCc1c(N)ncnc1-c1cccc(C)c1. The van der Waals surface area contributed by atoms with Crippen LogP contribution in [0.2, 0.25) is 0 Å². The van der Waals surface area contributed by atoms with E-state index in [-0.39, 0.29) is 0 Å². The third kappa shape index (κ3) is 1.89. The standard InChI is InChI=1S/C13H15N3/c1-3-11-12(15-8-16-13(11)14)10-6-4-5-9(2)7-10/h4-8H,3H2,1-2H3,(H2,14,15,16). The van der Waals surface area contributed by atoms with Gasteiger partial charge in [-0.25, -0.2) is 9.97 Å². The van der Waals surface area contributed by atoms with E-state index in [2.05, 4.69) is 35.9 Å². The fraction of sp³-hybridized carbons (Fsp3) is 0.231. The molecule has 0 fully saturated rings. The Kier molecular flexibility index (Phi) is 2.86. The highest BCUT2D eigenvalue weighted by Crippen LogP contribution is 2.24. The predicted octanol–water partition coefficient (Wildman–Crippen LogP) is 2.60. The third-order valence-electron chi connectivity index (χ3n) is 2.62. The minimum absolute atomic E-state index is 0.578. The molecule has 0 aliphatic rings. The van der Waals surface area contributed by atoms with Crippen molar-refractivity contribution >= 4 is 5.82 Å². The van der Waals surface area contributed by atoms with Crippen LogP contribution in [0.4, 0.5) is 5.82 Å². The summed E-state index contributed by atoms with van der Waals surface area (Å²) in [6.07, 6.45) is 2.36. The van der Waals surface area contributed by atoms with Crippen LogP contribution in [0.25, 0.3) is 11.3 Å². The number of nitrogens with zero attached hydrogens (tertiary/aromatic N) is 2. The van der Waals surface area contributed by atoms with Crippen molar-refractivity contribution in [1.29, 1.82) is 0 Å². The number of benzene rings is 1. The summed E-state index contributed by atoms with van der Waals surface area (Å²) in [6.45, 7) is 4.13. The van der Waals surface area contributed by atoms with Gasteiger partial charge >= 0.3 is 0 Å². The maximum absolute atomic E-state index is 5.86. The van der Waals surface area contributed by atoms with E-state index in [1.807, 2.05) is 12.1 Å². The van der Waals surface area contributed by atoms with Crippen molar-refractivity contribution in [3.8, 4) is 11.3 Å². The Morgan fingerprint density at radius 2 is 2.06 bits per heavy atom. The van der Waals surface area contributed by atoms with Crippen LogP contribution in [0, 0.1) is 6.92 Å². The lowest BCUT2D eigenvalue weighted by Crippen LogP contribution is -2.01. The molecule has 3 nitrogen and oxygen atoms in total. The van der Waals surface area contributed by atoms with Crippen LogP contribution in [0.5, 0.6) is 0 Å². The molecule has 0 bridgehead atoms. The van der Waals surface area contributed by atoms with Gasteiger partial charge in [0.05, 0.1) is 5.69 Å². The smallest absolute Gasteiger partial charge is 0.130 e. The summed E-state index contributed by atoms with van der Waals surface area (Å²) in [7, 11) is 0. The summed E-state index contributed by atoms with van der Waals surface area (Å²) in [5, 5.41) is 0. The lowest BCUT2D eigenvalue weighted by atomic mass is 10.0. The average Bonchev–Trinajstić information content (AvgIpc) is 2.28. The van der Waals surface area contributed by atoms with Gasteiger partial charge < -0.3 is 5.73 Å². The molecule has 2 aromatic rings. The largest absolute Gasteiger partial charge is 0.383 e. The van der Waals surface area contributed by atoms with E-state index in [1.54, 1.807) is 0 Å². The van der Waals surface area contributed by atoms with E-state index in [9.17, 15) is 0 Å². The topological polar surface area (TPSA) is 51.8 Å². The predicted molar refractivity (Wildman–Crippen MR) is 66.0 cm³/mol. The molecule has 0 spiro atoms. The molecule has 0 saturated carbocycles. The molecule has 82 valence electrons. The molecule has 0 aliphatic heterocycles. The van der Waals surface area contributed by atoms with Crippen molar-refractivity contribution in [3.63, 3.8) is 0 Å². The summed E-state index contributed by atoms with van der Waals surface area (Å²) < 4.78 is 0. The van der Waals surface area contributed by atoms with Crippen molar-refractivity contribution in [2.45, 2.75) is 20.3 Å². The van der Waals surface area contributed by atoms with Gasteiger partial charge in [0.15, 0.2) is 0 Å². The van der Waals surface area contributed by atoms with Crippen LogP contribution in [-0.4, -0.2) is 9.97 Å². The summed E-state index contributed by atoms with van der Waals surface area (Å²) in [5.41, 5.74) is 10.1. The zero-order valence-corrected chi connectivity index (χ0v) is 9.57. The molecule has 0 radical (unpaired) electrons. The Bertz CT molecular complexity index is 506. The second-order valence-corrected chi connectivity index (χ2v) is 3.81. The molecule has 1 aromatic heterocycles. The highest BCUT2D eigenvalue weighted by molar-refractivity contribution is 5.67. The van der Waals surface area contributed by atoms with Gasteiger partial charge in [-0.1, -0.05) is 30.7 Å². The molecule has 16 heavy (non-hydrogen) atoms. The number of anilines is 1. The molecule has 2 N–H and O–H groups in total. The first-order chi connectivity index (χ1) is 7.72. The fourth-order valence-corrected chi connectivity index (χ4v) is 1.82. The van der Waals surface area contributed by atoms with Gasteiger partial charge in [0.2, 0.25) is 0 Å². The van der Waals surface area contributed by atoms with Crippen molar-refractivity contribution in [1.82, 2.24) is 9.97 Å². The second kappa shape index (κ2) is 4.31. The molecule has 0 atom stereocenters. The fourth-order valence-electron chi connectivity index (χ4n) is 1.82. The van der Waals surface area contributed by atoms with Crippen LogP contribution in [0.15, 0.2) is 30.6 Å². The summed E-state index contributed by atoms with van der Waals surface area (Å²) in [4.78, 5) is 8.36. The van der Waals surface area contributed by atoms with E-state index in [0.29, 0.717) is 5.82 Å². The highest BCUT2D eigenvalue weighted by Gasteiger charge is 2.08. The zero-order chi connectivity index (χ0) is 11.5. The first-order valence-electron chi connectivity index (χ1n) is 5.38. The lowest BCUT2D eigenvalue weighted by Gasteiger charge is -2.09. The van der Waals surface area contributed by atoms with E-state index < -0.39 is 0 Å². The highest BCUT2D eigenvalue weighted by atomic mass is 14.9.